The van der Waals surface area contributed by atoms with Gasteiger partial charge < -0.3 is 0 Å². The molecule has 0 unspecified atom stereocenters. The van der Waals surface area contributed by atoms with Crippen LogP contribution in [0.4, 0.5) is 4.39 Å². The lowest BCUT2D eigenvalue weighted by molar-refractivity contribution is 0.577. The number of sulfonamides is 1. The molecule has 0 aliphatic heterocycles. The minimum Gasteiger partial charge on any atom is -0.211 e. The minimum absolute atomic E-state index is 0.0118. The van der Waals surface area contributed by atoms with E-state index in [0.29, 0.717) is 10.0 Å². The highest BCUT2D eigenvalue weighted by atomic mass is 79.9. The van der Waals surface area contributed by atoms with Crippen LogP contribution in [0.1, 0.15) is 5.56 Å². The SMILES string of the molecule is O=S(=O)(NCCc1ccccc1F)c1c(Cl)cc(Br)cc1Cl. The Balaban J connectivity index is 2.14. The standard InChI is InChI=1S/C14H11BrCl2FNO2S/c15-10-7-11(16)14(12(17)8-10)22(20,21)19-6-5-9-3-1-2-4-13(9)18/h1-4,7-8,19H,5-6H2. The number of halogens is 4. The van der Waals surface area contributed by atoms with Crippen LogP contribution in [0.3, 0.4) is 0 Å². The highest BCUT2D eigenvalue weighted by Gasteiger charge is 2.22. The van der Waals surface area contributed by atoms with Crippen molar-refractivity contribution in [1.82, 2.24) is 4.72 Å². The first kappa shape index (κ1) is 17.7. The van der Waals surface area contributed by atoms with Crippen LogP contribution >= 0.6 is 39.1 Å². The third-order valence-electron chi connectivity index (χ3n) is 2.88. The van der Waals surface area contributed by atoms with E-state index in [1.165, 1.54) is 18.2 Å². The van der Waals surface area contributed by atoms with E-state index in [4.69, 9.17) is 23.2 Å². The Morgan fingerprint density at radius 1 is 1.14 bits per heavy atom. The zero-order valence-electron chi connectivity index (χ0n) is 11.1. The van der Waals surface area contributed by atoms with Crippen LogP contribution in [0, 0.1) is 5.82 Å². The second kappa shape index (κ2) is 7.27. The van der Waals surface area contributed by atoms with Gasteiger partial charge in [0.15, 0.2) is 0 Å². The number of benzene rings is 2. The number of rotatable bonds is 5. The van der Waals surface area contributed by atoms with Crippen molar-refractivity contribution in [1.29, 1.82) is 0 Å². The van der Waals surface area contributed by atoms with Crippen molar-refractivity contribution in [3.05, 3.63) is 62.3 Å². The second-order valence-electron chi connectivity index (χ2n) is 4.44. The summed E-state index contributed by atoms with van der Waals surface area (Å²) in [7, 11) is -3.88. The van der Waals surface area contributed by atoms with Crippen LogP contribution in [0.2, 0.25) is 10.0 Å². The third-order valence-corrected chi connectivity index (χ3v) is 5.72. The molecule has 0 spiro atoms. The Bertz CT molecular complexity index is 776. The van der Waals surface area contributed by atoms with Gasteiger partial charge in [0.2, 0.25) is 10.0 Å². The van der Waals surface area contributed by atoms with Crippen LogP contribution in [-0.2, 0) is 16.4 Å². The first-order valence-corrected chi connectivity index (χ1v) is 9.22. The molecule has 0 amide bonds. The molecule has 0 aromatic heterocycles. The molecule has 0 bridgehead atoms. The molecule has 2 aromatic rings. The fraction of sp³-hybridized carbons (Fsp3) is 0.143. The summed E-state index contributed by atoms with van der Waals surface area (Å²) in [6.07, 6.45) is 0.220. The summed E-state index contributed by atoms with van der Waals surface area (Å²) in [6.45, 7) is 0.0337. The van der Waals surface area contributed by atoms with E-state index >= 15 is 0 Å². The van der Waals surface area contributed by atoms with E-state index in [1.807, 2.05) is 0 Å². The van der Waals surface area contributed by atoms with Crippen molar-refractivity contribution in [2.24, 2.45) is 0 Å². The van der Waals surface area contributed by atoms with Gasteiger partial charge in [-0.3, -0.25) is 0 Å². The van der Waals surface area contributed by atoms with Gasteiger partial charge in [-0.1, -0.05) is 57.3 Å². The summed E-state index contributed by atoms with van der Waals surface area (Å²) in [5.74, 6) is -0.374. The predicted octanol–water partition coefficient (Wildman–Crippen LogP) is 4.42. The van der Waals surface area contributed by atoms with Gasteiger partial charge in [0, 0.05) is 11.0 Å². The number of hydrogen-bond donors (Lipinski definition) is 1. The summed E-state index contributed by atoms with van der Waals surface area (Å²) in [6, 6.07) is 9.08. The van der Waals surface area contributed by atoms with Crippen LogP contribution in [0.15, 0.2) is 45.8 Å². The van der Waals surface area contributed by atoms with Crippen LogP contribution < -0.4 is 4.72 Å². The molecule has 0 fully saturated rings. The first-order valence-electron chi connectivity index (χ1n) is 6.19. The van der Waals surface area contributed by atoms with E-state index < -0.39 is 10.0 Å². The Hall–Kier alpha value is -0.660. The Kier molecular flexibility index (Phi) is 5.85. The van der Waals surface area contributed by atoms with Crippen molar-refractivity contribution in [2.75, 3.05) is 6.54 Å². The van der Waals surface area contributed by atoms with Gasteiger partial charge in [0.25, 0.3) is 0 Å². The minimum atomic E-state index is -3.88. The quantitative estimate of drug-likeness (QED) is 0.769. The molecule has 2 rings (SSSR count). The number of hydrogen-bond acceptors (Lipinski definition) is 2. The normalized spacial score (nSPS) is 11.6. The van der Waals surface area contributed by atoms with Crippen molar-refractivity contribution >= 4 is 49.2 Å². The van der Waals surface area contributed by atoms with E-state index in [0.717, 1.165) is 0 Å². The van der Waals surface area contributed by atoms with Crippen LogP contribution in [0.5, 0.6) is 0 Å². The van der Waals surface area contributed by atoms with Gasteiger partial charge in [-0.15, -0.1) is 0 Å². The molecule has 0 atom stereocenters. The van der Waals surface area contributed by atoms with Crippen molar-refractivity contribution in [3.8, 4) is 0 Å². The molecule has 1 N–H and O–H groups in total. The summed E-state index contributed by atoms with van der Waals surface area (Å²) in [4.78, 5) is -0.187. The molecule has 0 heterocycles. The van der Waals surface area contributed by atoms with Crippen LogP contribution in [0.25, 0.3) is 0 Å². The topological polar surface area (TPSA) is 46.2 Å². The van der Waals surface area contributed by atoms with Crippen molar-refractivity contribution < 1.29 is 12.8 Å². The molecule has 118 valence electrons. The second-order valence-corrected chi connectivity index (χ2v) is 7.87. The molecule has 2 aromatic carbocycles. The van der Waals surface area contributed by atoms with Crippen LogP contribution in [-0.4, -0.2) is 15.0 Å². The average Bonchev–Trinajstić information content (AvgIpc) is 2.39. The summed E-state index contributed by atoms with van der Waals surface area (Å²) in [5.41, 5.74) is 0.429. The monoisotopic (exact) mass is 425 g/mol. The summed E-state index contributed by atoms with van der Waals surface area (Å²) in [5, 5.41) is 0.0236. The maximum atomic E-state index is 13.5. The van der Waals surface area contributed by atoms with Gasteiger partial charge in [-0.2, -0.15) is 0 Å². The molecule has 22 heavy (non-hydrogen) atoms. The number of nitrogens with one attached hydrogen (secondary N) is 1. The summed E-state index contributed by atoms with van der Waals surface area (Å²) >= 11 is 15.1. The van der Waals surface area contributed by atoms with E-state index in [9.17, 15) is 12.8 Å². The van der Waals surface area contributed by atoms with Gasteiger partial charge in [-0.25, -0.2) is 17.5 Å². The van der Waals surface area contributed by atoms with Gasteiger partial charge in [0.1, 0.15) is 10.7 Å². The maximum absolute atomic E-state index is 13.5. The van der Waals surface area contributed by atoms with Gasteiger partial charge in [0.05, 0.1) is 10.0 Å². The molecular weight excluding hydrogens is 416 g/mol. The van der Waals surface area contributed by atoms with Crippen molar-refractivity contribution in [3.63, 3.8) is 0 Å². The molecule has 0 saturated carbocycles. The lowest BCUT2D eigenvalue weighted by Crippen LogP contribution is -2.26. The molecule has 0 aliphatic rings. The maximum Gasteiger partial charge on any atom is 0.243 e. The molecule has 8 heteroatoms. The fourth-order valence-electron chi connectivity index (χ4n) is 1.88. The lowest BCUT2D eigenvalue weighted by atomic mass is 10.1. The van der Waals surface area contributed by atoms with Crippen molar-refractivity contribution in [2.45, 2.75) is 11.3 Å². The molecule has 0 aliphatic carbocycles. The highest BCUT2D eigenvalue weighted by molar-refractivity contribution is 9.10. The Morgan fingerprint density at radius 3 is 2.32 bits per heavy atom. The molecule has 0 radical (unpaired) electrons. The van der Waals surface area contributed by atoms with E-state index in [1.54, 1.807) is 18.2 Å². The summed E-state index contributed by atoms with van der Waals surface area (Å²) < 4.78 is 41.0. The zero-order valence-corrected chi connectivity index (χ0v) is 15.0. The molecule has 0 saturated heterocycles. The predicted molar refractivity (Wildman–Crippen MR) is 89.5 cm³/mol. The third kappa shape index (κ3) is 4.20. The lowest BCUT2D eigenvalue weighted by Gasteiger charge is -2.11. The zero-order chi connectivity index (χ0) is 16.3. The van der Waals surface area contributed by atoms with Gasteiger partial charge >= 0.3 is 0 Å². The first-order chi connectivity index (χ1) is 10.3. The highest BCUT2D eigenvalue weighted by Crippen LogP contribution is 2.32. The largest absolute Gasteiger partial charge is 0.243 e. The molecule has 3 nitrogen and oxygen atoms in total. The average molecular weight is 427 g/mol. The molecular formula is C14H11BrCl2FNO2S. The smallest absolute Gasteiger partial charge is 0.211 e. The fourth-order valence-corrected chi connectivity index (χ4v) is 4.84. The van der Waals surface area contributed by atoms with E-state index in [2.05, 4.69) is 20.7 Å². The Morgan fingerprint density at radius 2 is 1.73 bits per heavy atom. The Labute approximate surface area is 146 Å². The van der Waals surface area contributed by atoms with Gasteiger partial charge in [-0.05, 0) is 30.2 Å². The van der Waals surface area contributed by atoms with E-state index in [-0.39, 0.29) is 33.7 Å².